The Morgan fingerprint density at radius 3 is 2.57 bits per heavy atom. The van der Waals surface area contributed by atoms with Crippen LogP contribution < -0.4 is 19.7 Å². The third-order valence-electron chi connectivity index (χ3n) is 4.36. The summed E-state index contributed by atoms with van der Waals surface area (Å²) in [6.07, 6.45) is 0. The molecule has 0 saturated carbocycles. The standard InChI is InChI=1S/C19H22ClN3O5/c1-13(22(2)10-11-28-16-7-4-14(20)5-8-16)19(24)21-17-12-15(23(25)26)6-9-18(17)27-3/h4-9,12-13H,10-11H2,1-3H3,(H,21,24)/p+1/t13-/m0/s1. The van der Waals surface area contributed by atoms with Gasteiger partial charge in [0.05, 0.1) is 24.8 Å². The van der Waals surface area contributed by atoms with Gasteiger partial charge in [0.2, 0.25) is 0 Å². The second-order valence-electron chi connectivity index (χ2n) is 6.25. The van der Waals surface area contributed by atoms with Crippen molar-refractivity contribution in [2.24, 2.45) is 0 Å². The molecule has 8 nitrogen and oxygen atoms in total. The number of amides is 1. The third kappa shape index (κ3) is 5.83. The number of methoxy groups -OCH3 is 1. The van der Waals surface area contributed by atoms with Gasteiger partial charge in [0.1, 0.15) is 24.7 Å². The predicted molar refractivity (Wildman–Crippen MR) is 106 cm³/mol. The number of quaternary nitrogens is 1. The largest absolute Gasteiger partial charge is 0.495 e. The van der Waals surface area contributed by atoms with Crippen LogP contribution >= 0.6 is 11.6 Å². The topological polar surface area (TPSA) is 95.1 Å². The Balaban J connectivity index is 1.93. The summed E-state index contributed by atoms with van der Waals surface area (Å²) in [7, 11) is 3.31. The first kappa shape index (κ1) is 21.5. The van der Waals surface area contributed by atoms with Crippen LogP contribution in [0, 0.1) is 10.1 Å². The molecule has 0 aliphatic heterocycles. The fraction of sp³-hybridized carbons (Fsp3) is 0.316. The van der Waals surface area contributed by atoms with E-state index in [9.17, 15) is 14.9 Å². The van der Waals surface area contributed by atoms with Gasteiger partial charge in [-0.2, -0.15) is 0 Å². The molecule has 28 heavy (non-hydrogen) atoms. The number of benzene rings is 2. The lowest BCUT2D eigenvalue weighted by Gasteiger charge is -2.21. The quantitative estimate of drug-likeness (QED) is 0.490. The predicted octanol–water partition coefficient (Wildman–Crippen LogP) is 2.18. The van der Waals surface area contributed by atoms with Gasteiger partial charge in [0, 0.05) is 17.2 Å². The highest BCUT2D eigenvalue weighted by Gasteiger charge is 2.23. The molecule has 0 aliphatic carbocycles. The van der Waals surface area contributed by atoms with Crippen molar-refractivity contribution in [3.8, 4) is 11.5 Å². The molecule has 2 aromatic rings. The molecule has 150 valence electrons. The molecule has 0 spiro atoms. The van der Waals surface area contributed by atoms with Crippen molar-refractivity contribution >= 4 is 28.9 Å². The molecular formula is C19H23ClN3O5+. The van der Waals surface area contributed by atoms with Crippen molar-refractivity contribution in [3.63, 3.8) is 0 Å². The van der Waals surface area contributed by atoms with Crippen LogP contribution in [0.4, 0.5) is 11.4 Å². The van der Waals surface area contributed by atoms with E-state index in [0.717, 1.165) is 4.90 Å². The molecule has 0 bridgehead atoms. The molecule has 2 atom stereocenters. The van der Waals surface area contributed by atoms with Gasteiger partial charge in [0.25, 0.3) is 11.6 Å². The maximum Gasteiger partial charge on any atom is 0.282 e. The molecule has 2 rings (SSSR count). The SMILES string of the molecule is COc1ccc([N+](=O)[O-])cc1NC(=O)[C@H](C)[NH+](C)CCOc1ccc(Cl)cc1. The van der Waals surface area contributed by atoms with Crippen LogP contribution in [0.25, 0.3) is 0 Å². The van der Waals surface area contributed by atoms with Crippen molar-refractivity contribution in [2.45, 2.75) is 13.0 Å². The fourth-order valence-electron chi connectivity index (χ4n) is 2.45. The van der Waals surface area contributed by atoms with Gasteiger partial charge >= 0.3 is 0 Å². The van der Waals surface area contributed by atoms with Gasteiger partial charge in [-0.1, -0.05) is 11.6 Å². The minimum atomic E-state index is -0.524. The van der Waals surface area contributed by atoms with E-state index in [2.05, 4.69) is 5.32 Å². The lowest BCUT2D eigenvalue weighted by molar-refractivity contribution is -0.894. The number of hydrogen-bond acceptors (Lipinski definition) is 5. The van der Waals surface area contributed by atoms with Crippen LogP contribution in [-0.2, 0) is 4.79 Å². The number of nitro groups is 1. The molecule has 0 aliphatic rings. The van der Waals surface area contributed by atoms with Crippen molar-refractivity contribution < 1.29 is 24.1 Å². The van der Waals surface area contributed by atoms with E-state index in [1.54, 1.807) is 31.2 Å². The van der Waals surface area contributed by atoms with Crippen molar-refractivity contribution in [1.29, 1.82) is 0 Å². The van der Waals surface area contributed by atoms with Crippen LogP contribution in [-0.4, -0.2) is 44.2 Å². The molecule has 0 saturated heterocycles. The Morgan fingerprint density at radius 1 is 1.29 bits per heavy atom. The first-order chi connectivity index (χ1) is 13.3. The van der Waals surface area contributed by atoms with Gasteiger partial charge in [-0.3, -0.25) is 14.9 Å². The van der Waals surface area contributed by atoms with E-state index >= 15 is 0 Å². The number of non-ortho nitro benzene ring substituents is 1. The lowest BCUT2D eigenvalue weighted by Crippen LogP contribution is -3.14. The Labute approximate surface area is 168 Å². The molecule has 0 heterocycles. The number of hydrogen-bond donors (Lipinski definition) is 2. The van der Waals surface area contributed by atoms with Crippen molar-refractivity contribution in [3.05, 3.63) is 57.6 Å². The Morgan fingerprint density at radius 2 is 1.96 bits per heavy atom. The molecule has 1 amide bonds. The number of carbonyl (C=O) groups excluding carboxylic acids is 1. The number of nitro benzene ring substituents is 1. The normalized spacial score (nSPS) is 12.7. The molecule has 1 unspecified atom stereocenters. The highest BCUT2D eigenvalue weighted by Crippen LogP contribution is 2.28. The summed E-state index contributed by atoms with van der Waals surface area (Å²) in [5, 5.41) is 14.3. The summed E-state index contributed by atoms with van der Waals surface area (Å²) in [5.74, 6) is 0.785. The van der Waals surface area contributed by atoms with Crippen molar-refractivity contribution in [2.75, 3.05) is 32.6 Å². The second-order valence-corrected chi connectivity index (χ2v) is 6.69. The Kier molecular flexibility index (Phi) is 7.60. The van der Waals surface area contributed by atoms with Crippen LogP contribution in [0.5, 0.6) is 11.5 Å². The number of ether oxygens (including phenoxy) is 2. The lowest BCUT2D eigenvalue weighted by atomic mass is 10.2. The fourth-order valence-corrected chi connectivity index (χ4v) is 2.58. The zero-order valence-electron chi connectivity index (χ0n) is 15.9. The maximum absolute atomic E-state index is 12.6. The molecule has 0 fully saturated rings. The highest BCUT2D eigenvalue weighted by atomic mass is 35.5. The summed E-state index contributed by atoms with van der Waals surface area (Å²) in [5.41, 5.74) is 0.139. The first-order valence-corrected chi connectivity index (χ1v) is 9.03. The van der Waals surface area contributed by atoms with E-state index in [4.69, 9.17) is 21.1 Å². The van der Waals surface area contributed by atoms with E-state index < -0.39 is 11.0 Å². The average Bonchev–Trinajstić information content (AvgIpc) is 2.68. The van der Waals surface area contributed by atoms with Gasteiger partial charge < -0.3 is 19.7 Å². The van der Waals surface area contributed by atoms with E-state index in [0.29, 0.717) is 29.7 Å². The van der Waals surface area contributed by atoms with Crippen LogP contribution in [0.3, 0.4) is 0 Å². The number of anilines is 1. The summed E-state index contributed by atoms with van der Waals surface area (Å²) in [6, 6.07) is 10.7. The summed E-state index contributed by atoms with van der Waals surface area (Å²) >= 11 is 5.84. The molecular weight excluding hydrogens is 386 g/mol. The number of carbonyl (C=O) groups is 1. The number of nitrogens with one attached hydrogen (secondary N) is 2. The Hall–Kier alpha value is -2.84. The highest BCUT2D eigenvalue weighted by molar-refractivity contribution is 6.30. The number of rotatable bonds is 9. The van der Waals surface area contributed by atoms with E-state index in [-0.39, 0.29) is 17.3 Å². The van der Waals surface area contributed by atoms with E-state index in [1.807, 2.05) is 7.05 Å². The second kappa shape index (κ2) is 9.91. The summed E-state index contributed by atoms with van der Waals surface area (Å²) in [4.78, 5) is 23.9. The minimum Gasteiger partial charge on any atom is -0.495 e. The smallest absolute Gasteiger partial charge is 0.282 e. The first-order valence-electron chi connectivity index (χ1n) is 8.65. The summed E-state index contributed by atoms with van der Waals surface area (Å²) in [6.45, 7) is 2.78. The van der Waals surface area contributed by atoms with Crippen LogP contribution in [0.1, 0.15) is 6.92 Å². The number of halogens is 1. The average molecular weight is 409 g/mol. The third-order valence-corrected chi connectivity index (χ3v) is 4.61. The van der Waals surface area contributed by atoms with Crippen LogP contribution in [0.15, 0.2) is 42.5 Å². The van der Waals surface area contributed by atoms with Gasteiger partial charge in [0.15, 0.2) is 6.04 Å². The van der Waals surface area contributed by atoms with Crippen molar-refractivity contribution in [1.82, 2.24) is 0 Å². The molecule has 9 heteroatoms. The number of nitrogens with zero attached hydrogens (tertiary/aromatic N) is 1. The zero-order chi connectivity index (χ0) is 20.7. The van der Waals surface area contributed by atoms with E-state index in [1.165, 1.54) is 25.3 Å². The zero-order valence-corrected chi connectivity index (χ0v) is 16.7. The molecule has 2 N–H and O–H groups in total. The van der Waals surface area contributed by atoms with Crippen LogP contribution in [0.2, 0.25) is 5.02 Å². The molecule has 2 aromatic carbocycles. The van der Waals surface area contributed by atoms with Gasteiger partial charge in [-0.25, -0.2) is 0 Å². The maximum atomic E-state index is 12.6. The molecule has 0 aromatic heterocycles. The van der Waals surface area contributed by atoms with Gasteiger partial charge in [-0.15, -0.1) is 0 Å². The van der Waals surface area contributed by atoms with Gasteiger partial charge in [-0.05, 0) is 37.3 Å². The minimum absolute atomic E-state index is 0.124. The Bertz CT molecular complexity index is 829. The molecule has 0 radical (unpaired) electrons. The monoisotopic (exact) mass is 408 g/mol. The summed E-state index contributed by atoms with van der Waals surface area (Å²) < 4.78 is 10.8. The number of likely N-dealkylation sites (N-methyl/N-ethyl adjacent to an activating group) is 1.